The Kier molecular flexibility index (Phi) is 8.53. The lowest BCUT2D eigenvalue weighted by molar-refractivity contribution is 0.0681. The maximum absolute atomic E-state index is 12.6. The van der Waals surface area contributed by atoms with Gasteiger partial charge in [0.05, 0.1) is 4.90 Å². The number of likely N-dealkylation sites (tertiary alicyclic amines) is 1. The lowest BCUT2D eigenvalue weighted by Gasteiger charge is -2.33. The van der Waals surface area contributed by atoms with E-state index in [1.807, 2.05) is 25.7 Å². The molecule has 2 N–H and O–H groups in total. The van der Waals surface area contributed by atoms with Crippen molar-refractivity contribution in [3.05, 3.63) is 29.8 Å². The second-order valence-corrected chi connectivity index (χ2v) is 8.54. The van der Waals surface area contributed by atoms with Gasteiger partial charge in [0.15, 0.2) is 0 Å². The molecule has 6 nitrogen and oxygen atoms in total. The molecule has 0 bridgehead atoms. The Hall–Kier alpha value is -1.15. The van der Waals surface area contributed by atoms with Crippen LogP contribution in [0.5, 0.6) is 0 Å². The average Bonchev–Trinajstić information content (AvgIpc) is 2.62. The van der Waals surface area contributed by atoms with Crippen LogP contribution in [-0.4, -0.2) is 55.8 Å². The highest BCUT2D eigenvalue weighted by Gasteiger charge is 2.26. The second-order valence-electron chi connectivity index (χ2n) is 6.60. The Bertz CT molecular complexity index is 680. The van der Waals surface area contributed by atoms with E-state index < -0.39 is 10.0 Å². The lowest BCUT2D eigenvalue weighted by Crippen LogP contribution is -2.42. The highest BCUT2D eigenvalue weighted by molar-refractivity contribution is 7.89. The number of nitrogens with two attached hydrogens (primary N) is 1. The van der Waals surface area contributed by atoms with E-state index in [4.69, 9.17) is 5.73 Å². The second kappa shape index (κ2) is 9.69. The number of piperidine rings is 1. The molecule has 1 aliphatic rings. The van der Waals surface area contributed by atoms with Crippen LogP contribution in [0.4, 0.5) is 0 Å². The first kappa shape index (κ1) is 22.9. The Labute approximate surface area is 163 Å². The van der Waals surface area contributed by atoms with E-state index in [1.165, 1.54) is 16.4 Å². The van der Waals surface area contributed by atoms with Gasteiger partial charge in [0.2, 0.25) is 10.0 Å². The molecule has 1 amide bonds. The number of benzene rings is 1. The average molecular weight is 404 g/mol. The first-order valence-corrected chi connectivity index (χ1v) is 10.4. The van der Waals surface area contributed by atoms with E-state index in [-0.39, 0.29) is 29.3 Å². The maximum Gasteiger partial charge on any atom is 0.253 e. The fourth-order valence-electron chi connectivity index (χ4n) is 3.29. The van der Waals surface area contributed by atoms with E-state index in [9.17, 15) is 13.2 Å². The third-order valence-corrected chi connectivity index (χ3v) is 7.08. The summed E-state index contributed by atoms with van der Waals surface area (Å²) in [7, 11) is -3.49. The normalized spacial score (nSPS) is 17.0. The Morgan fingerprint density at radius 2 is 1.69 bits per heavy atom. The van der Waals surface area contributed by atoms with Crippen LogP contribution in [0, 0.1) is 5.92 Å². The molecule has 1 aromatic carbocycles. The topological polar surface area (TPSA) is 83.7 Å². The first-order valence-electron chi connectivity index (χ1n) is 8.96. The summed E-state index contributed by atoms with van der Waals surface area (Å²) in [4.78, 5) is 14.7. The van der Waals surface area contributed by atoms with Crippen molar-refractivity contribution in [2.75, 3.05) is 26.2 Å². The number of carbonyl (C=O) groups excluding carboxylic acids is 1. The minimum Gasteiger partial charge on any atom is -0.339 e. The summed E-state index contributed by atoms with van der Waals surface area (Å²) in [6.45, 7) is 7.88. The monoisotopic (exact) mass is 403 g/mol. The number of halogens is 1. The van der Waals surface area contributed by atoms with E-state index in [0.717, 1.165) is 12.8 Å². The smallest absolute Gasteiger partial charge is 0.253 e. The summed E-state index contributed by atoms with van der Waals surface area (Å²) >= 11 is 0. The minimum atomic E-state index is -3.49. The summed E-state index contributed by atoms with van der Waals surface area (Å²) in [6.07, 6.45) is 1.83. The van der Waals surface area contributed by atoms with Gasteiger partial charge in [-0.15, -0.1) is 12.4 Å². The maximum atomic E-state index is 12.6. The summed E-state index contributed by atoms with van der Waals surface area (Å²) in [5, 5.41) is 0. The van der Waals surface area contributed by atoms with E-state index in [2.05, 4.69) is 0 Å². The summed E-state index contributed by atoms with van der Waals surface area (Å²) in [5.41, 5.74) is 6.47. The predicted octanol–water partition coefficient (Wildman–Crippen LogP) is 2.34. The molecule has 1 atom stereocenters. The van der Waals surface area contributed by atoms with Gasteiger partial charge in [0, 0.05) is 37.8 Å². The van der Waals surface area contributed by atoms with Crippen molar-refractivity contribution in [1.82, 2.24) is 9.21 Å². The van der Waals surface area contributed by atoms with Crippen LogP contribution in [0.2, 0.25) is 0 Å². The molecule has 0 aromatic heterocycles. The molecule has 1 unspecified atom stereocenters. The van der Waals surface area contributed by atoms with Gasteiger partial charge in [-0.05, 0) is 49.9 Å². The van der Waals surface area contributed by atoms with E-state index in [1.54, 1.807) is 12.1 Å². The van der Waals surface area contributed by atoms with Crippen LogP contribution in [0.3, 0.4) is 0 Å². The van der Waals surface area contributed by atoms with Crippen molar-refractivity contribution >= 4 is 28.3 Å². The van der Waals surface area contributed by atoms with Gasteiger partial charge in [0.25, 0.3) is 5.91 Å². The number of nitrogens with zero attached hydrogens (tertiary/aromatic N) is 2. The van der Waals surface area contributed by atoms with Crippen molar-refractivity contribution in [2.45, 2.75) is 44.6 Å². The standard InChI is InChI=1S/C18H29N3O3S.ClH/c1-4-21(5-2)25(23,24)17-8-6-16(7-9-17)18(22)20-12-10-15(11-13-20)14(3)19;/h6-9,14-15H,4-5,10-13,19H2,1-3H3;1H. The SMILES string of the molecule is CCN(CC)S(=O)(=O)c1ccc(C(=O)N2CCC(C(C)N)CC2)cc1.Cl. The minimum absolute atomic E-state index is 0. The molecular weight excluding hydrogens is 374 g/mol. The zero-order chi connectivity index (χ0) is 18.6. The number of hydrogen-bond acceptors (Lipinski definition) is 4. The molecule has 8 heteroatoms. The van der Waals surface area contributed by atoms with Crippen LogP contribution in [-0.2, 0) is 10.0 Å². The molecule has 0 aliphatic carbocycles. The molecule has 1 heterocycles. The lowest BCUT2D eigenvalue weighted by atomic mass is 9.90. The highest BCUT2D eigenvalue weighted by Crippen LogP contribution is 2.22. The van der Waals surface area contributed by atoms with E-state index in [0.29, 0.717) is 37.7 Å². The van der Waals surface area contributed by atoms with Crippen LogP contribution < -0.4 is 5.73 Å². The van der Waals surface area contributed by atoms with Gasteiger partial charge >= 0.3 is 0 Å². The van der Waals surface area contributed by atoms with Crippen molar-refractivity contribution < 1.29 is 13.2 Å². The number of rotatable bonds is 6. The van der Waals surface area contributed by atoms with Gasteiger partial charge in [0.1, 0.15) is 0 Å². The Morgan fingerprint density at radius 1 is 1.19 bits per heavy atom. The van der Waals surface area contributed by atoms with Crippen LogP contribution in [0.15, 0.2) is 29.2 Å². The number of hydrogen-bond donors (Lipinski definition) is 1. The molecule has 2 rings (SSSR count). The summed E-state index contributed by atoms with van der Waals surface area (Å²) in [6, 6.07) is 6.42. The Morgan fingerprint density at radius 3 is 2.12 bits per heavy atom. The fourth-order valence-corrected chi connectivity index (χ4v) is 4.75. The van der Waals surface area contributed by atoms with Crippen LogP contribution in [0.25, 0.3) is 0 Å². The predicted molar refractivity (Wildman–Crippen MR) is 106 cm³/mol. The molecule has 0 radical (unpaired) electrons. The third kappa shape index (κ3) is 4.97. The third-order valence-electron chi connectivity index (χ3n) is 5.01. The van der Waals surface area contributed by atoms with Crippen molar-refractivity contribution in [3.63, 3.8) is 0 Å². The Balaban J connectivity index is 0.00000338. The van der Waals surface area contributed by atoms with Crippen LogP contribution in [0.1, 0.15) is 44.0 Å². The van der Waals surface area contributed by atoms with Crippen LogP contribution >= 0.6 is 12.4 Å². The molecule has 1 aliphatic heterocycles. The molecular formula is C18H30ClN3O3S. The zero-order valence-electron chi connectivity index (χ0n) is 15.7. The summed E-state index contributed by atoms with van der Waals surface area (Å²) in [5.74, 6) is 0.417. The van der Waals surface area contributed by atoms with Gasteiger partial charge < -0.3 is 10.6 Å². The first-order chi connectivity index (χ1) is 11.8. The highest BCUT2D eigenvalue weighted by atomic mass is 35.5. The fraction of sp³-hybridized carbons (Fsp3) is 0.611. The van der Waals surface area contributed by atoms with Crippen molar-refractivity contribution in [1.29, 1.82) is 0 Å². The van der Waals surface area contributed by atoms with Gasteiger partial charge in [-0.3, -0.25) is 4.79 Å². The molecule has 1 fully saturated rings. The molecule has 0 spiro atoms. The summed E-state index contributed by atoms with van der Waals surface area (Å²) < 4.78 is 26.4. The largest absolute Gasteiger partial charge is 0.339 e. The quantitative estimate of drug-likeness (QED) is 0.790. The number of sulfonamides is 1. The molecule has 1 saturated heterocycles. The molecule has 0 saturated carbocycles. The molecule has 148 valence electrons. The van der Waals surface area contributed by atoms with Crippen molar-refractivity contribution in [2.24, 2.45) is 11.7 Å². The molecule has 1 aromatic rings. The van der Waals surface area contributed by atoms with Gasteiger partial charge in [-0.2, -0.15) is 4.31 Å². The number of carbonyl (C=O) groups is 1. The molecule has 26 heavy (non-hydrogen) atoms. The van der Waals surface area contributed by atoms with Gasteiger partial charge in [-0.1, -0.05) is 13.8 Å². The zero-order valence-corrected chi connectivity index (χ0v) is 17.4. The van der Waals surface area contributed by atoms with Crippen molar-refractivity contribution in [3.8, 4) is 0 Å². The van der Waals surface area contributed by atoms with Gasteiger partial charge in [-0.25, -0.2) is 8.42 Å². The number of amides is 1. The van der Waals surface area contributed by atoms with E-state index >= 15 is 0 Å².